The fourth-order valence-electron chi connectivity index (χ4n) is 1.95. The SMILES string of the molecule is CCNS(=O)(=O)c1ccccc1NCC(CC)CC. The molecule has 0 saturated heterocycles. The highest BCUT2D eigenvalue weighted by Gasteiger charge is 2.17. The summed E-state index contributed by atoms with van der Waals surface area (Å²) in [5.41, 5.74) is 0.676. The van der Waals surface area contributed by atoms with Crippen LogP contribution in [0.5, 0.6) is 0 Å². The Morgan fingerprint density at radius 1 is 1.11 bits per heavy atom. The lowest BCUT2D eigenvalue weighted by molar-refractivity contribution is 0.518. The van der Waals surface area contributed by atoms with Gasteiger partial charge in [-0.15, -0.1) is 0 Å². The van der Waals surface area contributed by atoms with Gasteiger partial charge < -0.3 is 5.32 Å². The fourth-order valence-corrected chi connectivity index (χ4v) is 3.17. The molecule has 4 nitrogen and oxygen atoms in total. The third-order valence-electron chi connectivity index (χ3n) is 3.25. The molecule has 1 rings (SSSR count). The predicted molar refractivity (Wildman–Crippen MR) is 79.9 cm³/mol. The van der Waals surface area contributed by atoms with E-state index in [1.165, 1.54) is 0 Å². The summed E-state index contributed by atoms with van der Waals surface area (Å²) in [6, 6.07) is 7.03. The van der Waals surface area contributed by atoms with Gasteiger partial charge in [-0.2, -0.15) is 0 Å². The van der Waals surface area contributed by atoms with Crippen molar-refractivity contribution in [1.82, 2.24) is 4.72 Å². The van der Waals surface area contributed by atoms with Gasteiger partial charge in [0.15, 0.2) is 0 Å². The molecule has 108 valence electrons. The van der Waals surface area contributed by atoms with E-state index in [1.807, 2.05) is 12.1 Å². The maximum absolute atomic E-state index is 12.1. The van der Waals surface area contributed by atoms with E-state index in [1.54, 1.807) is 19.1 Å². The van der Waals surface area contributed by atoms with Crippen LogP contribution in [0.3, 0.4) is 0 Å². The normalized spacial score (nSPS) is 11.8. The maximum Gasteiger partial charge on any atom is 0.242 e. The second-order valence-corrected chi connectivity index (χ2v) is 6.30. The number of hydrogen-bond acceptors (Lipinski definition) is 3. The first-order valence-corrected chi connectivity index (χ1v) is 8.36. The molecule has 0 aliphatic carbocycles. The van der Waals surface area contributed by atoms with E-state index < -0.39 is 10.0 Å². The summed E-state index contributed by atoms with van der Waals surface area (Å²) in [5, 5.41) is 3.26. The zero-order valence-electron chi connectivity index (χ0n) is 11.9. The van der Waals surface area contributed by atoms with Crippen molar-refractivity contribution in [3.05, 3.63) is 24.3 Å². The molecule has 1 aromatic rings. The molecule has 0 amide bonds. The van der Waals surface area contributed by atoms with Crippen LogP contribution in [0.2, 0.25) is 0 Å². The van der Waals surface area contributed by atoms with Crippen LogP contribution >= 0.6 is 0 Å². The Morgan fingerprint density at radius 3 is 2.32 bits per heavy atom. The van der Waals surface area contributed by atoms with Gasteiger partial charge >= 0.3 is 0 Å². The average molecular weight is 284 g/mol. The molecular weight excluding hydrogens is 260 g/mol. The van der Waals surface area contributed by atoms with Crippen LogP contribution in [0, 0.1) is 5.92 Å². The highest BCUT2D eigenvalue weighted by atomic mass is 32.2. The van der Waals surface area contributed by atoms with Crippen molar-refractivity contribution >= 4 is 15.7 Å². The van der Waals surface area contributed by atoms with Gasteiger partial charge in [0.25, 0.3) is 0 Å². The zero-order valence-corrected chi connectivity index (χ0v) is 12.8. The van der Waals surface area contributed by atoms with Crippen molar-refractivity contribution in [1.29, 1.82) is 0 Å². The topological polar surface area (TPSA) is 58.2 Å². The zero-order chi connectivity index (χ0) is 14.3. The van der Waals surface area contributed by atoms with Gasteiger partial charge in [0.05, 0.1) is 5.69 Å². The smallest absolute Gasteiger partial charge is 0.242 e. The van der Waals surface area contributed by atoms with Crippen molar-refractivity contribution in [3.8, 4) is 0 Å². The van der Waals surface area contributed by atoms with E-state index in [0.717, 1.165) is 19.4 Å². The molecule has 0 saturated carbocycles. The van der Waals surface area contributed by atoms with Gasteiger partial charge in [-0.05, 0) is 18.1 Å². The molecule has 1 aromatic carbocycles. The van der Waals surface area contributed by atoms with Crippen molar-refractivity contribution in [2.45, 2.75) is 38.5 Å². The van der Waals surface area contributed by atoms with Crippen LogP contribution in [0.1, 0.15) is 33.6 Å². The van der Waals surface area contributed by atoms with Gasteiger partial charge in [0, 0.05) is 13.1 Å². The summed E-state index contributed by atoms with van der Waals surface area (Å²) in [6.45, 7) is 7.26. The Hall–Kier alpha value is -1.07. The van der Waals surface area contributed by atoms with Gasteiger partial charge in [0.2, 0.25) is 10.0 Å². The van der Waals surface area contributed by atoms with Crippen LogP contribution in [0.4, 0.5) is 5.69 Å². The third kappa shape index (κ3) is 4.51. The van der Waals surface area contributed by atoms with Crippen LogP contribution in [0.15, 0.2) is 29.2 Å². The Labute approximate surface area is 116 Å². The van der Waals surface area contributed by atoms with E-state index in [2.05, 4.69) is 23.9 Å². The number of rotatable bonds is 8. The maximum atomic E-state index is 12.1. The third-order valence-corrected chi connectivity index (χ3v) is 4.85. The van der Waals surface area contributed by atoms with Crippen molar-refractivity contribution in [3.63, 3.8) is 0 Å². The summed E-state index contributed by atoms with van der Waals surface area (Å²) in [6.07, 6.45) is 2.18. The van der Waals surface area contributed by atoms with Crippen molar-refractivity contribution in [2.75, 3.05) is 18.4 Å². The van der Waals surface area contributed by atoms with Crippen molar-refractivity contribution in [2.24, 2.45) is 5.92 Å². The summed E-state index contributed by atoms with van der Waals surface area (Å²) in [7, 11) is -3.41. The van der Waals surface area contributed by atoms with Crippen LogP contribution < -0.4 is 10.0 Å². The lowest BCUT2D eigenvalue weighted by Gasteiger charge is -2.17. The van der Waals surface area contributed by atoms with Crippen molar-refractivity contribution < 1.29 is 8.42 Å². The highest BCUT2D eigenvalue weighted by Crippen LogP contribution is 2.21. The molecule has 0 aliphatic rings. The van der Waals surface area contributed by atoms with Gasteiger partial charge in [-0.25, -0.2) is 13.1 Å². The molecule has 0 atom stereocenters. The molecule has 0 aromatic heterocycles. The monoisotopic (exact) mass is 284 g/mol. The Morgan fingerprint density at radius 2 is 1.74 bits per heavy atom. The Bertz CT molecular complexity index is 482. The van der Waals surface area contributed by atoms with E-state index in [9.17, 15) is 8.42 Å². The van der Waals surface area contributed by atoms with E-state index in [-0.39, 0.29) is 0 Å². The Balaban J connectivity index is 2.90. The molecule has 19 heavy (non-hydrogen) atoms. The number of nitrogens with one attached hydrogen (secondary N) is 2. The number of para-hydroxylation sites is 1. The molecule has 0 fully saturated rings. The second-order valence-electron chi connectivity index (χ2n) is 4.56. The first kappa shape index (κ1) is 16.0. The predicted octanol–water partition coefficient (Wildman–Crippen LogP) is 2.83. The lowest BCUT2D eigenvalue weighted by atomic mass is 10.0. The lowest BCUT2D eigenvalue weighted by Crippen LogP contribution is -2.24. The summed E-state index contributed by atoms with van der Waals surface area (Å²) in [5.74, 6) is 0.565. The molecule has 0 aliphatic heterocycles. The molecule has 0 spiro atoms. The standard InChI is InChI=1S/C14H24N2O2S/c1-4-12(5-2)11-15-13-9-7-8-10-14(13)19(17,18)16-6-3/h7-10,12,15-16H,4-6,11H2,1-3H3. The van der Waals surface area contributed by atoms with Crippen LogP contribution in [-0.2, 0) is 10.0 Å². The number of sulfonamides is 1. The molecule has 0 heterocycles. The van der Waals surface area contributed by atoms with Gasteiger partial charge in [-0.3, -0.25) is 0 Å². The first-order valence-electron chi connectivity index (χ1n) is 6.87. The van der Waals surface area contributed by atoms with Gasteiger partial charge in [-0.1, -0.05) is 45.7 Å². The molecular formula is C14H24N2O2S. The van der Waals surface area contributed by atoms with E-state index in [4.69, 9.17) is 0 Å². The molecule has 0 radical (unpaired) electrons. The minimum absolute atomic E-state index is 0.322. The average Bonchev–Trinajstić information content (AvgIpc) is 2.40. The number of anilines is 1. The number of hydrogen-bond donors (Lipinski definition) is 2. The van der Waals surface area contributed by atoms with E-state index in [0.29, 0.717) is 23.0 Å². The molecule has 0 unspecified atom stereocenters. The summed E-state index contributed by atoms with van der Waals surface area (Å²) < 4.78 is 26.7. The minimum atomic E-state index is -3.41. The minimum Gasteiger partial charge on any atom is -0.384 e. The van der Waals surface area contributed by atoms with E-state index >= 15 is 0 Å². The molecule has 2 N–H and O–H groups in total. The highest BCUT2D eigenvalue weighted by molar-refractivity contribution is 7.89. The fraction of sp³-hybridized carbons (Fsp3) is 0.571. The first-order chi connectivity index (χ1) is 9.05. The second kappa shape index (κ2) is 7.50. The summed E-state index contributed by atoms with van der Waals surface area (Å²) in [4.78, 5) is 0.322. The molecule has 5 heteroatoms. The quantitative estimate of drug-likeness (QED) is 0.771. The van der Waals surface area contributed by atoms with Crippen LogP contribution in [-0.4, -0.2) is 21.5 Å². The number of benzene rings is 1. The Kier molecular flexibility index (Phi) is 6.31. The van der Waals surface area contributed by atoms with Crippen LogP contribution in [0.25, 0.3) is 0 Å². The van der Waals surface area contributed by atoms with Gasteiger partial charge in [0.1, 0.15) is 4.90 Å². The largest absolute Gasteiger partial charge is 0.384 e. The summed E-state index contributed by atoms with van der Waals surface area (Å²) >= 11 is 0. The molecule has 0 bridgehead atoms.